The fourth-order valence-electron chi connectivity index (χ4n) is 4.57. The summed E-state index contributed by atoms with van der Waals surface area (Å²) < 4.78 is 12.7. The van der Waals surface area contributed by atoms with Gasteiger partial charge >= 0.3 is 0 Å². The van der Waals surface area contributed by atoms with Crippen LogP contribution in [-0.2, 0) is 9.53 Å². The lowest BCUT2D eigenvalue weighted by Crippen LogP contribution is -2.40. The number of ether oxygens (including phenoxy) is 2. The molecular weight excluding hydrogens is 420 g/mol. The van der Waals surface area contributed by atoms with Crippen LogP contribution in [0.5, 0.6) is 5.75 Å². The number of rotatable bonds is 5. The van der Waals surface area contributed by atoms with Crippen LogP contribution < -0.4 is 4.74 Å². The molecule has 3 aromatic rings. The van der Waals surface area contributed by atoms with Gasteiger partial charge in [0.2, 0.25) is 0 Å². The molecule has 0 spiro atoms. The van der Waals surface area contributed by atoms with E-state index in [1.54, 1.807) is 10.7 Å². The van der Waals surface area contributed by atoms with E-state index in [0.29, 0.717) is 56.6 Å². The molecule has 0 unspecified atom stereocenters. The van der Waals surface area contributed by atoms with Gasteiger partial charge in [0.25, 0.3) is 11.8 Å². The van der Waals surface area contributed by atoms with Crippen molar-refractivity contribution in [1.29, 1.82) is 0 Å². The number of fused-ring (bicyclic) bond motifs is 1. The lowest BCUT2D eigenvalue weighted by atomic mass is 9.89. The van der Waals surface area contributed by atoms with Gasteiger partial charge in [-0.3, -0.25) is 9.59 Å². The molecule has 0 N–H and O–H groups in total. The van der Waals surface area contributed by atoms with Crippen LogP contribution in [0.2, 0.25) is 0 Å². The number of hydrogen-bond acceptors (Lipinski definition) is 5. The van der Waals surface area contributed by atoms with E-state index in [1.165, 1.54) is 5.56 Å². The first kappa shape index (κ1) is 21.5. The number of piperidine rings is 1. The molecule has 0 aliphatic carbocycles. The molecule has 2 aromatic heterocycles. The minimum absolute atomic E-state index is 0.00396. The van der Waals surface area contributed by atoms with Crippen molar-refractivity contribution in [2.24, 2.45) is 0 Å². The molecule has 2 aliphatic heterocycles. The third kappa shape index (κ3) is 4.71. The van der Waals surface area contributed by atoms with Gasteiger partial charge < -0.3 is 19.3 Å². The first-order valence-electron chi connectivity index (χ1n) is 11.5. The Morgan fingerprint density at radius 3 is 2.52 bits per heavy atom. The number of amides is 2. The van der Waals surface area contributed by atoms with Gasteiger partial charge in [-0.15, -0.1) is 0 Å². The highest BCUT2D eigenvalue weighted by atomic mass is 16.5. The topological polar surface area (TPSA) is 76.4 Å². The van der Waals surface area contributed by atoms with E-state index in [1.807, 2.05) is 46.3 Å². The predicted octanol–water partition coefficient (Wildman–Crippen LogP) is 2.59. The Kier molecular flexibility index (Phi) is 6.26. The Hall–Kier alpha value is -3.39. The Bertz CT molecular complexity index is 1120. The van der Waals surface area contributed by atoms with E-state index >= 15 is 0 Å². The van der Waals surface area contributed by atoms with Crippen molar-refractivity contribution in [1.82, 2.24) is 19.4 Å². The zero-order chi connectivity index (χ0) is 22.6. The van der Waals surface area contributed by atoms with E-state index in [2.05, 4.69) is 17.2 Å². The lowest BCUT2D eigenvalue weighted by Gasteiger charge is -2.32. The summed E-state index contributed by atoms with van der Waals surface area (Å²) in [7, 11) is 0. The minimum Gasteiger partial charge on any atom is -0.484 e. The van der Waals surface area contributed by atoms with E-state index < -0.39 is 0 Å². The molecule has 2 saturated heterocycles. The second-order valence-electron chi connectivity index (χ2n) is 8.51. The van der Waals surface area contributed by atoms with Crippen LogP contribution in [0.4, 0.5) is 0 Å². The smallest absolute Gasteiger partial charge is 0.260 e. The van der Waals surface area contributed by atoms with Crippen LogP contribution in [-0.4, -0.2) is 77.2 Å². The van der Waals surface area contributed by atoms with Gasteiger partial charge in [0.05, 0.1) is 30.5 Å². The summed E-state index contributed by atoms with van der Waals surface area (Å²) in [6.45, 7) is 3.82. The van der Waals surface area contributed by atoms with Gasteiger partial charge in [-0.25, -0.2) is 4.52 Å². The van der Waals surface area contributed by atoms with Gasteiger partial charge in [0.1, 0.15) is 5.75 Å². The van der Waals surface area contributed by atoms with Crippen molar-refractivity contribution in [3.05, 3.63) is 66.0 Å². The first-order chi connectivity index (χ1) is 16.2. The Balaban J connectivity index is 1.22. The van der Waals surface area contributed by atoms with Crippen LogP contribution in [0, 0.1) is 0 Å². The fraction of sp³-hybridized carbons (Fsp3) is 0.400. The molecule has 1 aromatic carbocycles. The highest BCUT2D eigenvalue weighted by Crippen LogP contribution is 2.29. The maximum atomic E-state index is 13.0. The van der Waals surface area contributed by atoms with Crippen LogP contribution >= 0.6 is 0 Å². The molecule has 5 rings (SSSR count). The zero-order valence-electron chi connectivity index (χ0n) is 18.6. The summed E-state index contributed by atoms with van der Waals surface area (Å²) in [5, 5.41) is 4.37. The van der Waals surface area contributed by atoms with E-state index in [4.69, 9.17) is 9.47 Å². The molecule has 2 aliphatic rings. The summed E-state index contributed by atoms with van der Waals surface area (Å²) in [6, 6.07) is 13.6. The molecule has 2 amide bonds. The van der Waals surface area contributed by atoms with Crippen molar-refractivity contribution in [2.75, 3.05) is 46.0 Å². The van der Waals surface area contributed by atoms with Crippen molar-refractivity contribution >= 4 is 17.3 Å². The monoisotopic (exact) mass is 448 g/mol. The Labute approximate surface area is 192 Å². The number of para-hydroxylation sites is 1. The third-order valence-corrected chi connectivity index (χ3v) is 6.50. The first-order valence-corrected chi connectivity index (χ1v) is 11.5. The van der Waals surface area contributed by atoms with Crippen molar-refractivity contribution in [3.63, 3.8) is 0 Å². The summed E-state index contributed by atoms with van der Waals surface area (Å²) in [5.41, 5.74) is 2.65. The van der Waals surface area contributed by atoms with Gasteiger partial charge in [-0.2, -0.15) is 5.10 Å². The highest BCUT2D eigenvalue weighted by molar-refractivity contribution is 6.00. The van der Waals surface area contributed by atoms with Crippen molar-refractivity contribution in [3.8, 4) is 5.75 Å². The molecular formula is C25H28N4O4. The average molecular weight is 449 g/mol. The molecule has 33 heavy (non-hydrogen) atoms. The van der Waals surface area contributed by atoms with Gasteiger partial charge in [-0.05, 0) is 48.6 Å². The number of likely N-dealkylation sites (tertiary alicyclic amines) is 1. The van der Waals surface area contributed by atoms with Crippen LogP contribution in [0.25, 0.3) is 5.52 Å². The molecule has 2 fully saturated rings. The SMILES string of the molecule is O=C(COc1ccccc1)N1CCC(c2ccn3ncc(C(=O)N4CCOCC4)c3c2)CC1. The largest absolute Gasteiger partial charge is 0.484 e. The van der Waals surface area contributed by atoms with Crippen molar-refractivity contribution in [2.45, 2.75) is 18.8 Å². The molecule has 172 valence electrons. The number of pyridine rings is 1. The number of benzene rings is 1. The van der Waals surface area contributed by atoms with E-state index in [-0.39, 0.29) is 18.4 Å². The molecule has 8 nitrogen and oxygen atoms in total. The minimum atomic E-state index is 0.00396. The molecule has 0 atom stereocenters. The highest BCUT2D eigenvalue weighted by Gasteiger charge is 2.26. The molecule has 4 heterocycles. The molecule has 0 radical (unpaired) electrons. The maximum absolute atomic E-state index is 13.0. The lowest BCUT2D eigenvalue weighted by molar-refractivity contribution is -0.134. The Morgan fingerprint density at radius 2 is 1.76 bits per heavy atom. The van der Waals surface area contributed by atoms with Crippen LogP contribution in [0.1, 0.15) is 34.7 Å². The summed E-state index contributed by atoms with van der Waals surface area (Å²) in [4.78, 5) is 29.3. The summed E-state index contributed by atoms with van der Waals surface area (Å²) in [6.07, 6.45) is 5.35. The van der Waals surface area contributed by atoms with E-state index in [9.17, 15) is 9.59 Å². The molecule has 0 saturated carbocycles. The normalized spacial score (nSPS) is 17.3. The quantitative estimate of drug-likeness (QED) is 0.600. The number of aromatic nitrogens is 2. The number of carbonyl (C=O) groups excluding carboxylic acids is 2. The fourth-order valence-corrected chi connectivity index (χ4v) is 4.57. The van der Waals surface area contributed by atoms with Crippen LogP contribution in [0.3, 0.4) is 0 Å². The molecule has 8 heteroatoms. The second-order valence-corrected chi connectivity index (χ2v) is 8.51. The molecule has 0 bridgehead atoms. The second kappa shape index (κ2) is 9.62. The van der Waals surface area contributed by atoms with Gasteiger partial charge in [0.15, 0.2) is 6.61 Å². The number of hydrogen-bond donors (Lipinski definition) is 0. The summed E-state index contributed by atoms with van der Waals surface area (Å²) >= 11 is 0. The number of nitrogens with zero attached hydrogens (tertiary/aromatic N) is 4. The Morgan fingerprint density at radius 1 is 1.00 bits per heavy atom. The van der Waals surface area contributed by atoms with Gasteiger partial charge in [0, 0.05) is 32.4 Å². The predicted molar refractivity (Wildman–Crippen MR) is 122 cm³/mol. The van der Waals surface area contributed by atoms with E-state index in [0.717, 1.165) is 18.4 Å². The van der Waals surface area contributed by atoms with Gasteiger partial charge in [-0.1, -0.05) is 18.2 Å². The standard InChI is InChI=1S/C25H28N4O4/c30-24(18-33-21-4-2-1-3-5-21)27-9-6-19(7-10-27)20-8-11-29-23(16-20)22(17-26-29)25(31)28-12-14-32-15-13-28/h1-5,8,11,16-17,19H,6-7,9-10,12-15,18H2. The number of morpholine rings is 1. The zero-order valence-corrected chi connectivity index (χ0v) is 18.6. The number of carbonyl (C=O) groups is 2. The van der Waals surface area contributed by atoms with Crippen LogP contribution in [0.15, 0.2) is 54.9 Å². The third-order valence-electron chi connectivity index (χ3n) is 6.50. The maximum Gasteiger partial charge on any atom is 0.260 e. The average Bonchev–Trinajstić information content (AvgIpc) is 3.31. The van der Waals surface area contributed by atoms with Crippen molar-refractivity contribution < 1.29 is 19.1 Å². The summed E-state index contributed by atoms with van der Waals surface area (Å²) in [5.74, 6) is 1.07.